The largest absolute Gasteiger partial charge is 0.366 e. The minimum atomic E-state index is -0.317. The zero-order valence-corrected chi connectivity index (χ0v) is 12.6. The Morgan fingerprint density at radius 2 is 2.22 bits per heavy atom. The molecule has 0 bridgehead atoms. The molecule has 0 radical (unpaired) electrons. The van der Waals surface area contributed by atoms with Crippen LogP contribution in [0.5, 0.6) is 0 Å². The number of fused-ring (bicyclic) bond motifs is 1. The topological polar surface area (TPSA) is 64.3 Å². The molecule has 1 saturated heterocycles. The Hall–Kier alpha value is -2.54. The lowest BCUT2D eigenvalue weighted by molar-refractivity contribution is 0.0327. The minimum Gasteiger partial charge on any atom is -0.366 e. The van der Waals surface area contributed by atoms with Crippen LogP contribution < -0.4 is 4.90 Å². The van der Waals surface area contributed by atoms with Crippen molar-refractivity contribution in [2.24, 2.45) is 0 Å². The second kappa shape index (κ2) is 5.58. The zero-order valence-electron chi connectivity index (χ0n) is 12.6. The summed E-state index contributed by atoms with van der Waals surface area (Å²) in [6.45, 7) is 3.57. The van der Waals surface area contributed by atoms with Gasteiger partial charge in [-0.25, -0.2) is 4.39 Å². The van der Waals surface area contributed by atoms with Gasteiger partial charge in [0, 0.05) is 30.7 Å². The van der Waals surface area contributed by atoms with Crippen molar-refractivity contribution < 1.29 is 13.7 Å². The third-order valence-corrected chi connectivity index (χ3v) is 3.94. The molecule has 0 amide bonds. The van der Waals surface area contributed by atoms with E-state index in [1.165, 1.54) is 6.07 Å². The maximum Gasteiger partial charge on any atom is 0.223 e. The van der Waals surface area contributed by atoms with E-state index in [-0.39, 0.29) is 11.9 Å². The highest BCUT2D eigenvalue weighted by Crippen LogP contribution is 2.30. The van der Waals surface area contributed by atoms with E-state index in [9.17, 15) is 4.39 Å². The van der Waals surface area contributed by atoms with Crippen molar-refractivity contribution in [3.8, 4) is 0 Å². The SMILES string of the molecule is Cc1nc([C@@H]2CN(c3ccnc4c(F)cccc34)CCO2)no1. The van der Waals surface area contributed by atoms with Gasteiger partial charge in [-0.2, -0.15) is 4.98 Å². The first kappa shape index (κ1) is 14.1. The van der Waals surface area contributed by atoms with E-state index in [0.29, 0.717) is 36.9 Å². The predicted molar refractivity (Wildman–Crippen MR) is 81.6 cm³/mol. The number of benzene rings is 1. The van der Waals surface area contributed by atoms with Gasteiger partial charge in [0.25, 0.3) is 0 Å². The maximum absolute atomic E-state index is 13.9. The average Bonchev–Trinajstić information content (AvgIpc) is 3.02. The first-order valence-corrected chi connectivity index (χ1v) is 7.42. The van der Waals surface area contributed by atoms with Crippen molar-refractivity contribution >= 4 is 16.6 Å². The van der Waals surface area contributed by atoms with Crippen molar-refractivity contribution in [2.45, 2.75) is 13.0 Å². The molecule has 0 N–H and O–H groups in total. The van der Waals surface area contributed by atoms with Crippen LogP contribution in [0.1, 0.15) is 17.8 Å². The molecule has 6 nitrogen and oxygen atoms in total. The first-order chi connectivity index (χ1) is 11.2. The molecule has 3 heterocycles. The van der Waals surface area contributed by atoms with Crippen LogP contribution in [0.2, 0.25) is 0 Å². The molecule has 0 unspecified atom stereocenters. The van der Waals surface area contributed by atoms with Crippen molar-refractivity contribution in [1.82, 2.24) is 15.1 Å². The van der Waals surface area contributed by atoms with Crippen LogP contribution in [-0.4, -0.2) is 34.8 Å². The number of para-hydroxylation sites is 1. The number of aromatic nitrogens is 3. The second-order valence-corrected chi connectivity index (χ2v) is 5.44. The van der Waals surface area contributed by atoms with E-state index in [4.69, 9.17) is 9.26 Å². The van der Waals surface area contributed by atoms with Crippen LogP contribution >= 0.6 is 0 Å². The Kier molecular flexibility index (Phi) is 3.42. The number of hydrogen-bond donors (Lipinski definition) is 0. The lowest BCUT2D eigenvalue weighted by Gasteiger charge is -2.33. The second-order valence-electron chi connectivity index (χ2n) is 5.44. The maximum atomic E-state index is 13.9. The lowest BCUT2D eigenvalue weighted by Crippen LogP contribution is -2.38. The van der Waals surface area contributed by atoms with Gasteiger partial charge in [-0.05, 0) is 12.1 Å². The molecule has 118 valence electrons. The van der Waals surface area contributed by atoms with Gasteiger partial charge >= 0.3 is 0 Å². The van der Waals surface area contributed by atoms with E-state index in [2.05, 4.69) is 20.0 Å². The standard InChI is InChI=1S/C16H15FN4O2/c1-10-19-16(20-23-10)14-9-21(7-8-22-14)13-5-6-18-15-11(13)3-2-4-12(15)17/h2-6,14H,7-9H2,1H3/t14-/m0/s1. The summed E-state index contributed by atoms with van der Waals surface area (Å²) in [6.07, 6.45) is 1.36. The van der Waals surface area contributed by atoms with Crippen molar-refractivity contribution in [3.05, 3.63) is 48.0 Å². The van der Waals surface area contributed by atoms with Gasteiger partial charge in [-0.15, -0.1) is 0 Å². The summed E-state index contributed by atoms with van der Waals surface area (Å²) in [6, 6.07) is 6.89. The molecule has 1 fully saturated rings. The highest BCUT2D eigenvalue weighted by Gasteiger charge is 2.27. The number of aryl methyl sites for hydroxylation is 1. The fraction of sp³-hybridized carbons (Fsp3) is 0.312. The lowest BCUT2D eigenvalue weighted by atomic mass is 10.1. The molecular weight excluding hydrogens is 299 g/mol. The Labute approximate surface area is 131 Å². The number of halogens is 1. The molecule has 0 saturated carbocycles. The zero-order chi connectivity index (χ0) is 15.8. The highest BCUT2D eigenvalue weighted by molar-refractivity contribution is 5.91. The average molecular weight is 314 g/mol. The number of nitrogens with zero attached hydrogens (tertiary/aromatic N) is 4. The molecule has 0 spiro atoms. The molecule has 1 atom stereocenters. The Morgan fingerprint density at radius 3 is 3.04 bits per heavy atom. The molecule has 0 aliphatic carbocycles. The van der Waals surface area contributed by atoms with Gasteiger partial charge in [-0.1, -0.05) is 17.3 Å². The van der Waals surface area contributed by atoms with E-state index in [1.54, 1.807) is 19.2 Å². The third kappa shape index (κ3) is 2.53. The molecule has 1 aliphatic heterocycles. The van der Waals surface area contributed by atoms with E-state index in [1.807, 2.05) is 12.1 Å². The van der Waals surface area contributed by atoms with Gasteiger partial charge in [0.15, 0.2) is 0 Å². The van der Waals surface area contributed by atoms with E-state index in [0.717, 1.165) is 11.1 Å². The van der Waals surface area contributed by atoms with Gasteiger partial charge in [0.05, 0.1) is 13.2 Å². The summed E-state index contributed by atoms with van der Waals surface area (Å²) in [7, 11) is 0. The smallest absolute Gasteiger partial charge is 0.223 e. The summed E-state index contributed by atoms with van der Waals surface area (Å²) in [5.41, 5.74) is 1.31. The van der Waals surface area contributed by atoms with Gasteiger partial charge in [0.1, 0.15) is 17.4 Å². The molecule has 3 aromatic rings. The number of anilines is 1. The fourth-order valence-electron chi connectivity index (χ4n) is 2.87. The van der Waals surface area contributed by atoms with Crippen LogP contribution in [0, 0.1) is 12.7 Å². The van der Waals surface area contributed by atoms with E-state index < -0.39 is 0 Å². The van der Waals surface area contributed by atoms with Crippen LogP contribution in [0.15, 0.2) is 35.0 Å². The number of morpholine rings is 1. The van der Waals surface area contributed by atoms with Crippen molar-refractivity contribution in [1.29, 1.82) is 0 Å². The summed E-state index contributed by atoms with van der Waals surface area (Å²) >= 11 is 0. The molecule has 1 aliphatic rings. The normalized spacial score (nSPS) is 18.5. The summed E-state index contributed by atoms with van der Waals surface area (Å²) in [5, 5.41) is 4.72. The quantitative estimate of drug-likeness (QED) is 0.724. The van der Waals surface area contributed by atoms with Gasteiger partial charge < -0.3 is 14.2 Å². The summed E-state index contributed by atoms with van der Waals surface area (Å²) in [5.74, 6) is 0.733. The predicted octanol–water partition coefficient (Wildman–Crippen LogP) is 2.64. The van der Waals surface area contributed by atoms with Crippen molar-refractivity contribution in [2.75, 3.05) is 24.6 Å². The number of ether oxygens (including phenoxy) is 1. The first-order valence-electron chi connectivity index (χ1n) is 7.42. The van der Waals surface area contributed by atoms with Crippen LogP contribution in [0.3, 0.4) is 0 Å². The van der Waals surface area contributed by atoms with Gasteiger partial charge in [-0.3, -0.25) is 4.98 Å². The molecule has 1 aromatic carbocycles. The molecule has 4 rings (SSSR count). The van der Waals surface area contributed by atoms with E-state index >= 15 is 0 Å². The van der Waals surface area contributed by atoms with Crippen LogP contribution in [0.4, 0.5) is 10.1 Å². The molecule has 7 heteroatoms. The minimum absolute atomic E-state index is 0.266. The van der Waals surface area contributed by atoms with Crippen LogP contribution in [-0.2, 0) is 4.74 Å². The van der Waals surface area contributed by atoms with Crippen molar-refractivity contribution in [3.63, 3.8) is 0 Å². The molecular formula is C16H15FN4O2. The summed E-state index contributed by atoms with van der Waals surface area (Å²) in [4.78, 5) is 10.5. The van der Waals surface area contributed by atoms with Crippen LogP contribution in [0.25, 0.3) is 10.9 Å². The molecule has 2 aromatic heterocycles. The van der Waals surface area contributed by atoms with Gasteiger partial charge in [0.2, 0.25) is 11.7 Å². The number of rotatable bonds is 2. The third-order valence-electron chi connectivity index (χ3n) is 3.94. The monoisotopic (exact) mass is 314 g/mol. The Balaban J connectivity index is 1.69. The number of hydrogen-bond acceptors (Lipinski definition) is 6. The fourth-order valence-corrected chi connectivity index (χ4v) is 2.87. The Morgan fingerprint density at radius 1 is 1.30 bits per heavy atom. The number of pyridine rings is 1. The Bertz CT molecular complexity index is 851. The molecule has 23 heavy (non-hydrogen) atoms. The highest BCUT2D eigenvalue weighted by atomic mass is 19.1. The summed E-state index contributed by atoms with van der Waals surface area (Å²) < 4.78 is 24.7.